The summed E-state index contributed by atoms with van der Waals surface area (Å²) in [6.45, 7) is 2.61. The Kier molecular flexibility index (Phi) is 5.46. The highest BCUT2D eigenvalue weighted by molar-refractivity contribution is 7.91. The number of nitrogens with zero attached hydrogens (tertiary/aromatic N) is 2. The molecule has 2 atom stereocenters. The van der Waals surface area contributed by atoms with E-state index >= 15 is 0 Å². The third-order valence-corrected chi connectivity index (χ3v) is 7.55. The Balaban J connectivity index is 1.64. The third-order valence-electron chi connectivity index (χ3n) is 5.85. The average Bonchev–Trinajstić information content (AvgIpc) is 3.04. The van der Waals surface area contributed by atoms with Crippen LogP contribution in [0.25, 0.3) is 0 Å². The molecule has 4 rings (SSSR count). The maximum Gasteiger partial charge on any atom is 0.241 e. The highest BCUT2D eigenvalue weighted by atomic mass is 32.2. The van der Waals surface area contributed by atoms with Crippen LogP contribution in [0.1, 0.15) is 11.1 Å². The summed E-state index contributed by atoms with van der Waals surface area (Å²) in [7, 11) is -0.0780. The molecule has 2 saturated heterocycles. The van der Waals surface area contributed by atoms with E-state index in [4.69, 9.17) is 9.47 Å². The second-order valence-corrected chi connectivity index (χ2v) is 10.1. The van der Waals surface area contributed by atoms with Crippen molar-refractivity contribution in [2.45, 2.75) is 25.6 Å². The predicted molar refractivity (Wildman–Crippen MR) is 115 cm³/mol. The maximum absolute atomic E-state index is 13.1. The maximum atomic E-state index is 13.1. The van der Waals surface area contributed by atoms with Crippen molar-refractivity contribution < 1.29 is 22.7 Å². The molecule has 160 valence electrons. The predicted octanol–water partition coefficient (Wildman–Crippen LogP) is 2.03. The van der Waals surface area contributed by atoms with Gasteiger partial charge in [-0.1, -0.05) is 23.8 Å². The lowest BCUT2D eigenvalue weighted by atomic mass is 10.0. The molecule has 0 unspecified atom stereocenters. The fraction of sp³-hybridized carbons (Fsp3) is 0.409. The number of hydrogen-bond donors (Lipinski definition) is 0. The van der Waals surface area contributed by atoms with Gasteiger partial charge >= 0.3 is 0 Å². The standard InChI is InChI=1S/C22H26N2O5S/c1-15-4-7-17(8-5-15)24-19-14-30(26,27)13-18(19)23(12-22(24)25)11-16-6-9-20(28-2)21(10-16)29-3/h4-10,18-19H,11-14H2,1-3H3/t18-,19+/m0/s1. The quantitative estimate of drug-likeness (QED) is 0.723. The first kappa shape index (κ1) is 20.7. The first-order valence-corrected chi connectivity index (χ1v) is 11.7. The number of benzene rings is 2. The summed E-state index contributed by atoms with van der Waals surface area (Å²) in [5, 5.41) is 0. The molecule has 7 nitrogen and oxygen atoms in total. The molecule has 0 N–H and O–H groups in total. The number of rotatable bonds is 5. The minimum absolute atomic E-state index is 0.0142. The van der Waals surface area contributed by atoms with Crippen molar-refractivity contribution in [3.05, 3.63) is 53.6 Å². The molecule has 0 aromatic heterocycles. The molecule has 8 heteroatoms. The Morgan fingerprint density at radius 3 is 2.30 bits per heavy atom. The van der Waals surface area contributed by atoms with Crippen LogP contribution in [0.5, 0.6) is 11.5 Å². The van der Waals surface area contributed by atoms with E-state index in [1.54, 1.807) is 19.1 Å². The molecular formula is C22H26N2O5S. The molecule has 1 amide bonds. The van der Waals surface area contributed by atoms with Gasteiger partial charge in [0, 0.05) is 18.3 Å². The monoisotopic (exact) mass is 430 g/mol. The summed E-state index contributed by atoms with van der Waals surface area (Å²) >= 11 is 0. The number of ether oxygens (including phenoxy) is 2. The Hall–Kier alpha value is -2.58. The van der Waals surface area contributed by atoms with Crippen LogP contribution >= 0.6 is 0 Å². The first-order valence-electron chi connectivity index (χ1n) is 9.85. The largest absolute Gasteiger partial charge is 0.493 e. The zero-order valence-corrected chi connectivity index (χ0v) is 18.2. The molecule has 30 heavy (non-hydrogen) atoms. The molecule has 0 saturated carbocycles. The van der Waals surface area contributed by atoms with Crippen LogP contribution in [0.2, 0.25) is 0 Å². The van der Waals surface area contributed by atoms with Gasteiger partial charge in [-0.15, -0.1) is 0 Å². The topological polar surface area (TPSA) is 76.2 Å². The summed E-state index contributed by atoms with van der Waals surface area (Å²) < 4.78 is 35.7. The van der Waals surface area contributed by atoms with E-state index in [-0.39, 0.29) is 36.0 Å². The van der Waals surface area contributed by atoms with Gasteiger partial charge in [-0.3, -0.25) is 9.69 Å². The molecule has 0 radical (unpaired) electrons. The highest BCUT2D eigenvalue weighted by Crippen LogP contribution is 2.34. The summed E-state index contributed by atoms with van der Waals surface area (Å²) in [6, 6.07) is 12.6. The van der Waals surface area contributed by atoms with Gasteiger partial charge in [-0.2, -0.15) is 0 Å². The first-order chi connectivity index (χ1) is 14.3. The smallest absolute Gasteiger partial charge is 0.241 e. The lowest BCUT2D eigenvalue weighted by Gasteiger charge is -2.43. The van der Waals surface area contributed by atoms with E-state index in [1.807, 2.05) is 54.3 Å². The summed E-state index contributed by atoms with van der Waals surface area (Å²) in [4.78, 5) is 16.8. The molecule has 0 spiro atoms. The van der Waals surface area contributed by atoms with Gasteiger partial charge in [0.1, 0.15) is 0 Å². The van der Waals surface area contributed by atoms with Crippen molar-refractivity contribution in [1.82, 2.24) is 4.90 Å². The van der Waals surface area contributed by atoms with Crippen LogP contribution < -0.4 is 14.4 Å². The van der Waals surface area contributed by atoms with Gasteiger partial charge in [0.15, 0.2) is 21.3 Å². The number of sulfone groups is 1. The second-order valence-electron chi connectivity index (χ2n) is 7.91. The second kappa shape index (κ2) is 7.92. The summed E-state index contributed by atoms with van der Waals surface area (Å²) in [5.41, 5.74) is 2.78. The fourth-order valence-corrected chi connectivity index (χ4v) is 6.37. The zero-order valence-electron chi connectivity index (χ0n) is 17.4. The summed E-state index contributed by atoms with van der Waals surface area (Å²) in [6.07, 6.45) is 0. The molecule has 2 heterocycles. The van der Waals surface area contributed by atoms with Crippen LogP contribution in [-0.2, 0) is 21.2 Å². The van der Waals surface area contributed by atoms with Crippen molar-refractivity contribution in [1.29, 1.82) is 0 Å². The van der Waals surface area contributed by atoms with Crippen molar-refractivity contribution in [2.75, 3.05) is 37.2 Å². The van der Waals surface area contributed by atoms with Gasteiger partial charge < -0.3 is 14.4 Å². The minimum Gasteiger partial charge on any atom is -0.493 e. The minimum atomic E-state index is -3.23. The molecule has 2 aliphatic rings. The highest BCUT2D eigenvalue weighted by Gasteiger charge is 2.49. The van der Waals surface area contributed by atoms with E-state index < -0.39 is 9.84 Å². The number of fused-ring (bicyclic) bond motifs is 1. The Morgan fingerprint density at radius 1 is 0.967 bits per heavy atom. The molecule has 2 aromatic carbocycles. The molecule has 2 aliphatic heterocycles. The van der Waals surface area contributed by atoms with Crippen LogP contribution in [-0.4, -0.2) is 63.6 Å². The Bertz CT molecular complexity index is 1050. The Morgan fingerprint density at radius 2 is 1.63 bits per heavy atom. The van der Waals surface area contributed by atoms with E-state index in [0.29, 0.717) is 18.0 Å². The number of carbonyl (C=O) groups excluding carboxylic acids is 1. The molecule has 2 fully saturated rings. The van der Waals surface area contributed by atoms with Gasteiger partial charge in [-0.25, -0.2) is 8.42 Å². The van der Waals surface area contributed by atoms with Gasteiger partial charge in [0.25, 0.3) is 0 Å². The van der Waals surface area contributed by atoms with E-state index in [1.165, 1.54) is 0 Å². The summed E-state index contributed by atoms with van der Waals surface area (Å²) in [5.74, 6) is 1.19. The molecule has 0 bridgehead atoms. The van der Waals surface area contributed by atoms with Crippen LogP contribution in [0.15, 0.2) is 42.5 Å². The molecule has 0 aliphatic carbocycles. The molecule has 2 aromatic rings. The van der Waals surface area contributed by atoms with Crippen molar-refractivity contribution >= 4 is 21.4 Å². The number of methoxy groups -OCH3 is 2. The zero-order chi connectivity index (χ0) is 21.5. The fourth-order valence-electron chi connectivity index (χ4n) is 4.39. The number of piperazine rings is 1. The Labute approximate surface area is 177 Å². The number of aryl methyl sites for hydroxylation is 1. The van der Waals surface area contributed by atoms with Gasteiger partial charge in [0.2, 0.25) is 5.91 Å². The van der Waals surface area contributed by atoms with Crippen LogP contribution in [0, 0.1) is 6.92 Å². The van der Waals surface area contributed by atoms with E-state index in [2.05, 4.69) is 0 Å². The van der Waals surface area contributed by atoms with Crippen molar-refractivity contribution in [3.8, 4) is 11.5 Å². The number of carbonyl (C=O) groups is 1. The van der Waals surface area contributed by atoms with Crippen LogP contribution in [0.3, 0.4) is 0 Å². The average molecular weight is 431 g/mol. The number of amides is 1. The van der Waals surface area contributed by atoms with Gasteiger partial charge in [-0.05, 0) is 36.8 Å². The van der Waals surface area contributed by atoms with Crippen LogP contribution in [0.4, 0.5) is 5.69 Å². The lowest BCUT2D eigenvalue weighted by molar-refractivity contribution is -0.123. The third kappa shape index (κ3) is 3.89. The number of anilines is 1. The number of hydrogen-bond acceptors (Lipinski definition) is 6. The van der Waals surface area contributed by atoms with E-state index in [9.17, 15) is 13.2 Å². The van der Waals surface area contributed by atoms with Crippen molar-refractivity contribution in [3.63, 3.8) is 0 Å². The molecular weight excluding hydrogens is 404 g/mol. The van der Waals surface area contributed by atoms with E-state index in [0.717, 1.165) is 16.8 Å². The van der Waals surface area contributed by atoms with Gasteiger partial charge in [0.05, 0.1) is 38.3 Å². The van der Waals surface area contributed by atoms with Crippen molar-refractivity contribution in [2.24, 2.45) is 0 Å². The lowest BCUT2D eigenvalue weighted by Crippen LogP contribution is -2.61. The normalized spacial score (nSPS) is 23.3. The SMILES string of the molecule is COc1ccc(CN2CC(=O)N(c3ccc(C)cc3)[C@@H]3CS(=O)(=O)C[C@@H]32)cc1OC.